The third-order valence-electron chi connectivity index (χ3n) is 4.54. The first kappa shape index (κ1) is 17.5. The zero-order valence-electron chi connectivity index (χ0n) is 14.4. The van der Waals surface area contributed by atoms with Gasteiger partial charge in [0.25, 0.3) is 0 Å². The maximum Gasteiger partial charge on any atom is 0.197 e. The van der Waals surface area contributed by atoms with Crippen molar-refractivity contribution in [2.75, 3.05) is 31.2 Å². The van der Waals surface area contributed by atoms with Gasteiger partial charge in [-0.15, -0.1) is 0 Å². The SMILES string of the molecule is Cc1c(N2CCOCC2)ccnc1CS(=O)c1nc2ccc(Cl)cc2[nH]1. The summed E-state index contributed by atoms with van der Waals surface area (Å²) in [7, 11) is -1.31. The molecule has 1 unspecified atom stereocenters. The lowest BCUT2D eigenvalue weighted by Gasteiger charge is -2.30. The molecule has 2 aromatic heterocycles. The van der Waals surface area contributed by atoms with Gasteiger partial charge in [0.1, 0.15) is 0 Å². The zero-order valence-corrected chi connectivity index (χ0v) is 15.9. The number of H-pyrrole nitrogens is 1. The molecule has 8 heteroatoms. The van der Waals surface area contributed by atoms with Crippen LogP contribution >= 0.6 is 11.6 Å². The maximum atomic E-state index is 12.8. The molecule has 3 aromatic rings. The summed E-state index contributed by atoms with van der Waals surface area (Å²) < 4.78 is 18.2. The average Bonchev–Trinajstić information content (AvgIpc) is 3.07. The maximum absolute atomic E-state index is 12.8. The Labute approximate surface area is 159 Å². The van der Waals surface area contributed by atoms with Crippen molar-refractivity contribution in [2.24, 2.45) is 0 Å². The highest BCUT2D eigenvalue weighted by Crippen LogP contribution is 2.25. The minimum absolute atomic E-state index is 0.317. The van der Waals surface area contributed by atoms with Crippen LogP contribution in [-0.4, -0.2) is 45.5 Å². The summed E-state index contributed by atoms with van der Waals surface area (Å²) in [6.07, 6.45) is 1.78. The molecular formula is C18H19ClN4O2S. The fourth-order valence-corrected chi connectivity index (χ4v) is 4.39. The van der Waals surface area contributed by atoms with Crippen LogP contribution < -0.4 is 4.90 Å². The Morgan fingerprint density at radius 3 is 2.92 bits per heavy atom. The molecule has 1 saturated heterocycles. The molecule has 1 aliphatic heterocycles. The number of aromatic nitrogens is 3. The Kier molecular flexibility index (Phi) is 4.93. The number of nitrogens with one attached hydrogen (secondary N) is 1. The molecule has 0 saturated carbocycles. The summed E-state index contributed by atoms with van der Waals surface area (Å²) in [5.74, 6) is 0.317. The highest BCUT2D eigenvalue weighted by atomic mass is 35.5. The molecule has 3 heterocycles. The third kappa shape index (κ3) is 3.47. The van der Waals surface area contributed by atoms with Gasteiger partial charge in [-0.25, -0.2) is 4.98 Å². The van der Waals surface area contributed by atoms with Gasteiger partial charge in [0.05, 0.1) is 46.5 Å². The molecule has 1 aromatic carbocycles. The van der Waals surface area contributed by atoms with E-state index in [4.69, 9.17) is 16.3 Å². The third-order valence-corrected chi connectivity index (χ3v) is 5.93. The van der Waals surface area contributed by atoms with Gasteiger partial charge in [0, 0.05) is 30.0 Å². The number of aromatic amines is 1. The standard InChI is InChI=1S/C18H19ClN4O2S/c1-12-16(20-5-4-17(12)23-6-8-25-9-7-23)11-26(24)18-21-14-3-2-13(19)10-15(14)22-18/h2-5,10H,6-9,11H2,1H3,(H,21,22). The summed E-state index contributed by atoms with van der Waals surface area (Å²) in [6.45, 7) is 5.20. The normalized spacial score (nSPS) is 16.2. The second-order valence-corrected chi connectivity index (χ2v) is 8.00. The van der Waals surface area contributed by atoms with Crippen LogP contribution in [0.1, 0.15) is 11.3 Å². The summed E-state index contributed by atoms with van der Waals surface area (Å²) in [5.41, 5.74) is 4.55. The van der Waals surface area contributed by atoms with Gasteiger partial charge in [0.15, 0.2) is 5.16 Å². The lowest BCUT2D eigenvalue weighted by atomic mass is 10.1. The Balaban J connectivity index is 1.58. The molecule has 0 aliphatic carbocycles. The van der Waals surface area contributed by atoms with Crippen molar-refractivity contribution in [2.45, 2.75) is 17.8 Å². The van der Waals surface area contributed by atoms with Crippen molar-refractivity contribution in [3.63, 3.8) is 0 Å². The van der Waals surface area contributed by atoms with Crippen LogP contribution in [0.25, 0.3) is 11.0 Å². The van der Waals surface area contributed by atoms with E-state index in [1.807, 2.05) is 19.1 Å². The molecule has 26 heavy (non-hydrogen) atoms. The minimum Gasteiger partial charge on any atom is -0.378 e. The van der Waals surface area contributed by atoms with Gasteiger partial charge in [-0.05, 0) is 36.8 Å². The quantitative estimate of drug-likeness (QED) is 0.741. The van der Waals surface area contributed by atoms with Crippen molar-refractivity contribution in [3.8, 4) is 0 Å². The minimum atomic E-state index is -1.31. The Hall–Kier alpha value is -1.96. The number of benzene rings is 1. The molecule has 1 fully saturated rings. The predicted octanol–water partition coefficient (Wildman–Crippen LogP) is 3.06. The summed E-state index contributed by atoms with van der Waals surface area (Å²) in [6, 6.07) is 7.38. The number of hydrogen-bond acceptors (Lipinski definition) is 5. The number of halogens is 1. The average molecular weight is 391 g/mol. The van der Waals surface area contributed by atoms with E-state index < -0.39 is 10.8 Å². The van der Waals surface area contributed by atoms with E-state index in [1.165, 1.54) is 0 Å². The number of rotatable bonds is 4. The van der Waals surface area contributed by atoms with Gasteiger partial charge in [-0.1, -0.05) is 11.6 Å². The number of pyridine rings is 1. The van der Waals surface area contributed by atoms with Crippen LogP contribution in [0.3, 0.4) is 0 Å². The highest BCUT2D eigenvalue weighted by molar-refractivity contribution is 7.84. The number of nitrogens with zero attached hydrogens (tertiary/aromatic N) is 3. The number of ether oxygens (including phenoxy) is 1. The fourth-order valence-electron chi connectivity index (χ4n) is 3.12. The zero-order chi connectivity index (χ0) is 18.1. The van der Waals surface area contributed by atoms with E-state index in [0.29, 0.717) is 15.9 Å². The molecule has 1 N–H and O–H groups in total. The van der Waals surface area contributed by atoms with Crippen LogP contribution in [0.5, 0.6) is 0 Å². The topological polar surface area (TPSA) is 71.1 Å². The smallest absolute Gasteiger partial charge is 0.197 e. The summed E-state index contributed by atoms with van der Waals surface area (Å²) >= 11 is 6.00. The van der Waals surface area contributed by atoms with E-state index in [2.05, 4.69) is 19.9 Å². The van der Waals surface area contributed by atoms with Crippen LogP contribution in [-0.2, 0) is 21.3 Å². The van der Waals surface area contributed by atoms with Crippen molar-refractivity contribution < 1.29 is 8.95 Å². The highest BCUT2D eigenvalue weighted by Gasteiger charge is 2.18. The van der Waals surface area contributed by atoms with Crippen molar-refractivity contribution in [1.29, 1.82) is 0 Å². The van der Waals surface area contributed by atoms with E-state index in [1.54, 1.807) is 18.3 Å². The molecule has 0 radical (unpaired) electrons. The lowest BCUT2D eigenvalue weighted by Crippen LogP contribution is -2.36. The first-order chi connectivity index (χ1) is 12.6. The van der Waals surface area contributed by atoms with E-state index >= 15 is 0 Å². The Morgan fingerprint density at radius 2 is 2.12 bits per heavy atom. The van der Waals surface area contributed by atoms with E-state index in [9.17, 15) is 4.21 Å². The molecular weight excluding hydrogens is 372 g/mol. The number of hydrogen-bond donors (Lipinski definition) is 1. The van der Waals surface area contributed by atoms with Crippen LogP contribution in [0, 0.1) is 6.92 Å². The molecule has 4 rings (SSSR count). The molecule has 0 bridgehead atoms. The van der Waals surface area contributed by atoms with E-state index in [-0.39, 0.29) is 0 Å². The first-order valence-electron chi connectivity index (χ1n) is 8.42. The van der Waals surface area contributed by atoms with Gasteiger partial charge in [0.2, 0.25) is 0 Å². The number of fused-ring (bicyclic) bond motifs is 1. The van der Waals surface area contributed by atoms with Crippen molar-refractivity contribution in [3.05, 3.63) is 46.7 Å². The predicted molar refractivity (Wildman–Crippen MR) is 103 cm³/mol. The monoisotopic (exact) mass is 390 g/mol. The van der Waals surface area contributed by atoms with Gasteiger partial charge < -0.3 is 14.6 Å². The van der Waals surface area contributed by atoms with E-state index in [0.717, 1.165) is 54.3 Å². The molecule has 6 nitrogen and oxygen atoms in total. The Bertz CT molecular complexity index is 969. The second-order valence-electron chi connectivity index (χ2n) is 6.19. The fraction of sp³-hybridized carbons (Fsp3) is 0.333. The molecule has 1 atom stereocenters. The van der Waals surface area contributed by atoms with Crippen LogP contribution in [0.15, 0.2) is 35.6 Å². The van der Waals surface area contributed by atoms with Gasteiger partial charge >= 0.3 is 0 Å². The molecule has 0 amide bonds. The van der Waals surface area contributed by atoms with Crippen molar-refractivity contribution >= 4 is 39.1 Å². The largest absolute Gasteiger partial charge is 0.378 e. The van der Waals surface area contributed by atoms with Gasteiger partial charge in [-0.2, -0.15) is 0 Å². The summed E-state index contributed by atoms with van der Waals surface area (Å²) in [5, 5.41) is 1.06. The number of morpholine rings is 1. The number of anilines is 1. The second kappa shape index (κ2) is 7.34. The van der Waals surface area contributed by atoms with Crippen LogP contribution in [0.4, 0.5) is 5.69 Å². The molecule has 1 aliphatic rings. The van der Waals surface area contributed by atoms with Crippen molar-refractivity contribution in [1.82, 2.24) is 15.0 Å². The summed E-state index contributed by atoms with van der Waals surface area (Å²) in [4.78, 5) is 14.3. The van der Waals surface area contributed by atoms with Crippen LogP contribution in [0.2, 0.25) is 5.02 Å². The number of imidazole rings is 1. The molecule has 0 spiro atoms. The van der Waals surface area contributed by atoms with Gasteiger partial charge in [-0.3, -0.25) is 9.19 Å². The Morgan fingerprint density at radius 1 is 1.31 bits per heavy atom. The first-order valence-corrected chi connectivity index (χ1v) is 10.1. The lowest BCUT2D eigenvalue weighted by molar-refractivity contribution is 0.122. The molecule has 136 valence electrons.